The van der Waals surface area contributed by atoms with E-state index in [0.717, 1.165) is 10.6 Å². The van der Waals surface area contributed by atoms with Crippen molar-refractivity contribution < 1.29 is 9.90 Å². The predicted molar refractivity (Wildman–Crippen MR) is 75.8 cm³/mol. The highest BCUT2D eigenvalue weighted by Crippen LogP contribution is 2.27. The fourth-order valence-corrected chi connectivity index (χ4v) is 2.46. The van der Waals surface area contributed by atoms with Crippen LogP contribution in [0.2, 0.25) is 0 Å². The number of hydrogen-bond acceptors (Lipinski definition) is 4. The van der Waals surface area contributed by atoms with Crippen LogP contribution in [0.1, 0.15) is 17.3 Å². The maximum Gasteiger partial charge on any atom is 0.254 e. The standard InChI is InChI=1S/C13H20N2O2S/c1-9(7-16)8-18-12-6-10(14)4-5-11(12)13(17)15(2)3/h4-6,9,16H,7-8,14H2,1-3H3. The van der Waals surface area contributed by atoms with Crippen molar-refractivity contribution in [3.63, 3.8) is 0 Å². The van der Waals surface area contributed by atoms with Gasteiger partial charge in [-0.05, 0) is 24.1 Å². The molecule has 0 fully saturated rings. The Balaban J connectivity index is 2.93. The summed E-state index contributed by atoms with van der Waals surface area (Å²) in [5.74, 6) is 0.918. The Morgan fingerprint density at radius 3 is 2.72 bits per heavy atom. The highest BCUT2D eigenvalue weighted by molar-refractivity contribution is 7.99. The van der Waals surface area contributed by atoms with Crippen LogP contribution in [-0.4, -0.2) is 42.4 Å². The van der Waals surface area contributed by atoms with E-state index in [9.17, 15) is 4.79 Å². The molecule has 1 amide bonds. The van der Waals surface area contributed by atoms with E-state index in [0.29, 0.717) is 11.3 Å². The fraction of sp³-hybridized carbons (Fsp3) is 0.462. The van der Waals surface area contributed by atoms with Crippen LogP contribution >= 0.6 is 11.8 Å². The Morgan fingerprint density at radius 2 is 2.17 bits per heavy atom. The number of aliphatic hydroxyl groups is 1. The predicted octanol–water partition coefficient (Wildman–Crippen LogP) is 1.69. The summed E-state index contributed by atoms with van der Waals surface area (Å²) < 4.78 is 0. The van der Waals surface area contributed by atoms with Crippen molar-refractivity contribution in [1.29, 1.82) is 0 Å². The molecule has 1 aromatic rings. The molecule has 5 heteroatoms. The average Bonchev–Trinajstić information content (AvgIpc) is 2.35. The van der Waals surface area contributed by atoms with Gasteiger partial charge in [-0.15, -0.1) is 11.8 Å². The maximum atomic E-state index is 12.0. The van der Waals surface area contributed by atoms with E-state index in [1.165, 1.54) is 0 Å². The van der Waals surface area contributed by atoms with Gasteiger partial charge in [-0.1, -0.05) is 6.92 Å². The Kier molecular flexibility index (Phi) is 5.50. The number of carbonyl (C=O) groups is 1. The van der Waals surface area contributed by atoms with Gasteiger partial charge >= 0.3 is 0 Å². The summed E-state index contributed by atoms with van der Waals surface area (Å²) >= 11 is 1.55. The summed E-state index contributed by atoms with van der Waals surface area (Å²) in [6.45, 7) is 2.11. The van der Waals surface area contributed by atoms with Gasteiger partial charge in [-0.2, -0.15) is 0 Å². The molecule has 0 saturated carbocycles. The molecule has 18 heavy (non-hydrogen) atoms. The minimum absolute atomic E-state index is 0.0332. The normalized spacial score (nSPS) is 12.2. The molecule has 0 aliphatic rings. The number of carbonyl (C=O) groups excluding carboxylic acids is 1. The van der Waals surface area contributed by atoms with Crippen molar-refractivity contribution in [3.05, 3.63) is 23.8 Å². The molecule has 1 unspecified atom stereocenters. The van der Waals surface area contributed by atoms with E-state index in [1.807, 2.05) is 13.0 Å². The third-order valence-electron chi connectivity index (χ3n) is 2.48. The molecule has 0 spiro atoms. The minimum Gasteiger partial charge on any atom is -0.399 e. The maximum absolute atomic E-state index is 12.0. The number of anilines is 1. The molecule has 0 aliphatic carbocycles. The summed E-state index contributed by atoms with van der Waals surface area (Å²) in [5, 5.41) is 9.02. The second-order valence-electron chi connectivity index (χ2n) is 4.55. The monoisotopic (exact) mass is 268 g/mol. The zero-order valence-electron chi connectivity index (χ0n) is 11.0. The molecule has 0 aromatic heterocycles. The molecule has 1 aromatic carbocycles. The van der Waals surface area contributed by atoms with Gasteiger partial charge in [-0.3, -0.25) is 4.79 Å². The lowest BCUT2D eigenvalue weighted by atomic mass is 10.2. The third kappa shape index (κ3) is 3.92. The van der Waals surface area contributed by atoms with Crippen molar-refractivity contribution in [1.82, 2.24) is 4.90 Å². The number of benzene rings is 1. The second-order valence-corrected chi connectivity index (χ2v) is 5.62. The number of thioether (sulfide) groups is 1. The Hall–Kier alpha value is -1.20. The van der Waals surface area contributed by atoms with E-state index in [1.54, 1.807) is 42.9 Å². The lowest BCUT2D eigenvalue weighted by Crippen LogP contribution is -2.22. The minimum atomic E-state index is -0.0332. The van der Waals surface area contributed by atoms with Gasteiger partial charge in [0.15, 0.2) is 0 Å². The topological polar surface area (TPSA) is 66.6 Å². The average molecular weight is 268 g/mol. The molecule has 0 saturated heterocycles. The summed E-state index contributed by atoms with van der Waals surface area (Å²) in [6, 6.07) is 5.30. The summed E-state index contributed by atoms with van der Waals surface area (Å²) in [5.41, 5.74) is 7.05. The molecule has 4 nitrogen and oxygen atoms in total. The van der Waals surface area contributed by atoms with Gasteiger partial charge in [0, 0.05) is 37.0 Å². The lowest BCUT2D eigenvalue weighted by molar-refractivity contribution is 0.0824. The van der Waals surface area contributed by atoms with Gasteiger partial charge in [0.1, 0.15) is 0 Å². The third-order valence-corrected chi connectivity index (χ3v) is 3.86. The lowest BCUT2D eigenvalue weighted by Gasteiger charge is -2.15. The Morgan fingerprint density at radius 1 is 1.50 bits per heavy atom. The van der Waals surface area contributed by atoms with Crippen molar-refractivity contribution >= 4 is 23.4 Å². The van der Waals surface area contributed by atoms with Crippen LogP contribution < -0.4 is 5.73 Å². The molecule has 0 bridgehead atoms. The van der Waals surface area contributed by atoms with Crippen LogP contribution in [0.5, 0.6) is 0 Å². The summed E-state index contributed by atoms with van der Waals surface area (Å²) in [7, 11) is 3.45. The first-order chi connectivity index (χ1) is 8.45. The highest BCUT2D eigenvalue weighted by Gasteiger charge is 2.14. The van der Waals surface area contributed by atoms with Crippen molar-refractivity contribution in [2.45, 2.75) is 11.8 Å². The van der Waals surface area contributed by atoms with Crippen LogP contribution in [0, 0.1) is 5.92 Å². The number of aliphatic hydroxyl groups excluding tert-OH is 1. The molecule has 0 aliphatic heterocycles. The van der Waals surface area contributed by atoms with Gasteiger partial charge in [0.25, 0.3) is 5.91 Å². The van der Waals surface area contributed by atoms with E-state index < -0.39 is 0 Å². The van der Waals surface area contributed by atoms with Crippen molar-refractivity contribution in [2.24, 2.45) is 5.92 Å². The van der Waals surface area contributed by atoms with Crippen molar-refractivity contribution in [2.75, 3.05) is 32.2 Å². The molecule has 3 N–H and O–H groups in total. The quantitative estimate of drug-likeness (QED) is 0.630. The Bertz CT molecular complexity index is 421. The molecule has 0 radical (unpaired) electrons. The molecular formula is C13H20N2O2S. The first kappa shape index (κ1) is 14.9. The molecule has 1 atom stereocenters. The van der Waals surface area contributed by atoms with Gasteiger partial charge in [0.05, 0.1) is 5.56 Å². The van der Waals surface area contributed by atoms with Crippen LogP contribution in [0.3, 0.4) is 0 Å². The first-order valence-electron chi connectivity index (χ1n) is 5.80. The summed E-state index contributed by atoms with van der Waals surface area (Å²) in [4.78, 5) is 14.4. The van der Waals surface area contributed by atoms with E-state index in [2.05, 4.69) is 0 Å². The Labute approximate surface area is 112 Å². The van der Waals surface area contributed by atoms with Crippen LogP contribution in [0.25, 0.3) is 0 Å². The van der Waals surface area contributed by atoms with Crippen LogP contribution in [0.15, 0.2) is 23.1 Å². The van der Waals surface area contributed by atoms with Gasteiger partial charge in [0.2, 0.25) is 0 Å². The first-order valence-corrected chi connectivity index (χ1v) is 6.79. The van der Waals surface area contributed by atoms with E-state index >= 15 is 0 Å². The van der Waals surface area contributed by atoms with Crippen LogP contribution in [0.4, 0.5) is 5.69 Å². The van der Waals surface area contributed by atoms with Gasteiger partial charge < -0.3 is 15.7 Å². The molecule has 0 heterocycles. The van der Waals surface area contributed by atoms with Gasteiger partial charge in [-0.25, -0.2) is 0 Å². The van der Waals surface area contributed by atoms with Crippen LogP contribution in [-0.2, 0) is 0 Å². The molecule has 100 valence electrons. The number of hydrogen-bond donors (Lipinski definition) is 2. The second kappa shape index (κ2) is 6.66. The molecular weight excluding hydrogens is 248 g/mol. The van der Waals surface area contributed by atoms with E-state index in [-0.39, 0.29) is 18.4 Å². The van der Waals surface area contributed by atoms with E-state index in [4.69, 9.17) is 10.8 Å². The number of nitrogens with zero attached hydrogens (tertiary/aromatic N) is 1. The summed E-state index contributed by atoms with van der Waals surface area (Å²) in [6.07, 6.45) is 0. The smallest absolute Gasteiger partial charge is 0.254 e. The zero-order chi connectivity index (χ0) is 13.7. The SMILES string of the molecule is CC(CO)CSc1cc(N)ccc1C(=O)N(C)C. The molecule has 1 rings (SSSR count). The van der Waals surface area contributed by atoms with Crippen molar-refractivity contribution in [3.8, 4) is 0 Å². The zero-order valence-corrected chi connectivity index (χ0v) is 11.8. The number of nitrogens with two attached hydrogens (primary N) is 1. The number of rotatable bonds is 5. The fourth-order valence-electron chi connectivity index (χ4n) is 1.36. The number of amides is 1. The highest BCUT2D eigenvalue weighted by atomic mass is 32.2. The number of nitrogen functional groups attached to an aromatic ring is 1. The largest absolute Gasteiger partial charge is 0.399 e.